The molecule has 1 heterocycles. The van der Waals surface area contributed by atoms with Gasteiger partial charge in [-0.05, 0) is 48.5 Å². The maximum absolute atomic E-state index is 13.8. The minimum Gasteiger partial charge on any atom is -0.454 e. The Balaban J connectivity index is 1.45. The molecule has 0 atom stereocenters. The summed E-state index contributed by atoms with van der Waals surface area (Å²) in [6, 6.07) is 16.7. The molecule has 0 aromatic heterocycles. The maximum atomic E-state index is 13.8. The molecule has 4 rings (SSSR count). The van der Waals surface area contributed by atoms with Crippen LogP contribution in [0.1, 0.15) is 10.4 Å². The summed E-state index contributed by atoms with van der Waals surface area (Å²) < 4.78 is 24.5. The van der Waals surface area contributed by atoms with Crippen LogP contribution in [-0.4, -0.2) is 12.7 Å². The van der Waals surface area contributed by atoms with Gasteiger partial charge in [-0.2, -0.15) is 0 Å². The van der Waals surface area contributed by atoms with Crippen LogP contribution in [0.25, 0.3) is 0 Å². The first kappa shape index (κ1) is 17.2. The van der Waals surface area contributed by atoms with Crippen LogP contribution in [0.3, 0.4) is 0 Å². The standard InChI is InChI=1S/C20H14ClFN2O3/c21-15-2-1-3-16(22)19(15)20(25)24-13-6-4-12(5-7-13)23-14-8-9-17-18(10-14)27-11-26-17/h1-10,23H,11H2,(H,24,25). The highest BCUT2D eigenvalue weighted by Crippen LogP contribution is 2.35. The second-order valence-electron chi connectivity index (χ2n) is 5.82. The third-order valence-electron chi connectivity index (χ3n) is 3.99. The van der Waals surface area contributed by atoms with E-state index in [-0.39, 0.29) is 17.4 Å². The van der Waals surface area contributed by atoms with Crippen molar-refractivity contribution >= 4 is 34.6 Å². The second-order valence-corrected chi connectivity index (χ2v) is 6.23. The Hall–Kier alpha value is -3.25. The Kier molecular flexibility index (Phi) is 4.56. The molecule has 1 amide bonds. The van der Waals surface area contributed by atoms with Gasteiger partial charge >= 0.3 is 0 Å². The van der Waals surface area contributed by atoms with E-state index in [0.717, 1.165) is 11.4 Å². The molecule has 3 aromatic rings. The van der Waals surface area contributed by atoms with Gasteiger partial charge in [-0.25, -0.2) is 4.39 Å². The zero-order valence-corrected chi connectivity index (χ0v) is 14.7. The maximum Gasteiger partial charge on any atom is 0.260 e. The van der Waals surface area contributed by atoms with Crippen molar-refractivity contribution in [1.82, 2.24) is 0 Å². The summed E-state index contributed by atoms with van der Waals surface area (Å²) in [5, 5.41) is 5.94. The monoisotopic (exact) mass is 384 g/mol. The number of halogens is 2. The van der Waals surface area contributed by atoms with Crippen LogP contribution in [0.5, 0.6) is 11.5 Å². The number of carbonyl (C=O) groups is 1. The van der Waals surface area contributed by atoms with E-state index in [1.807, 2.05) is 18.2 Å². The highest BCUT2D eigenvalue weighted by Gasteiger charge is 2.16. The molecule has 3 aromatic carbocycles. The van der Waals surface area contributed by atoms with Gasteiger partial charge in [0.05, 0.1) is 10.6 Å². The van der Waals surface area contributed by atoms with Gasteiger partial charge in [0, 0.05) is 23.1 Å². The fourth-order valence-electron chi connectivity index (χ4n) is 2.69. The van der Waals surface area contributed by atoms with Gasteiger partial charge < -0.3 is 20.1 Å². The van der Waals surface area contributed by atoms with Gasteiger partial charge in [0.25, 0.3) is 5.91 Å². The Morgan fingerprint density at radius 3 is 2.41 bits per heavy atom. The van der Waals surface area contributed by atoms with E-state index in [1.54, 1.807) is 24.3 Å². The van der Waals surface area contributed by atoms with E-state index in [9.17, 15) is 9.18 Å². The smallest absolute Gasteiger partial charge is 0.260 e. The number of carbonyl (C=O) groups excluding carboxylic acids is 1. The van der Waals surface area contributed by atoms with Crippen LogP contribution in [0.15, 0.2) is 60.7 Å². The number of nitrogens with one attached hydrogen (secondary N) is 2. The van der Waals surface area contributed by atoms with Crippen molar-refractivity contribution in [3.05, 3.63) is 77.1 Å². The van der Waals surface area contributed by atoms with E-state index in [0.29, 0.717) is 17.2 Å². The zero-order valence-electron chi connectivity index (χ0n) is 14.0. The zero-order chi connectivity index (χ0) is 18.8. The first-order valence-corrected chi connectivity index (χ1v) is 8.50. The number of amides is 1. The van der Waals surface area contributed by atoms with E-state index < -0.39 is 11.7 Å². The average Bonchev–Trinajstić information content (AvgIpc) is 3.11. The van der Waals surface area contributed by atoms with Gasteiger partial charge in [-0.3, -0.25) is 4.79 Å². The number of benzene rings is 3. The number of hydrogen-bond donors (Lipinski definition) is 2. The molecule has 5 nitrogen and oxygen atoms in total. The number of hydrogen-bond acceptors (Lipinski definition) is 4. The molecule has 0 spiro atoms. The number of ether oxygens (including phenoxy) is 2. The molecule has 1 aliphatic heterocycles. The predicted octanol–water partition coefficient (Wildman–Crippen LogP) is 5.20. The summed E-state index contributed by atoms with van der Waals surface area (Å²) in [4.78, 5) is 12.3. The summed E-state index contributed by atoms with van der Waals surface area (Å²) in [7, 11) is 0. The molecular weight excluding hydrogens is 371 g/mol. The fraction of sp³-hybridized carbons (Fsp3) is 0.0500. The highest BCUT2D eigenvalue weighted by molar-refractivity contribution is 6.34. The lowest BCUT2D eigenvalue weighted by molar-refractivity contribution is 0.102. The Morgan fingerprint density at radius 2 is 1.63 bits per heavy atom. The first-order chi connectivity index (χ1) is 13.1. The molecule has 0 saturated heterocycles. The Bertz CT molecular complexity index is 988. The molecule has 0 radical (unpaired) electrons. The van der Waals surface area contributed by atoms with Crippen molar-refractivity contribution in [2.24, 2.45) is 0 Å². The van der Waals surface area contributed by atoms with Gasteiger partial charge in [-0.15, -0.1) is 0 Å². The van der Waals surface area contributed by atoms with Gasteiger partial charge in [-0.1, -0.05) is 17.7 Å². The lowest BCUT2D eigenvalue weighted by Gasteiger charge is -2.10. The third-order valence-corrected chi connectivity index (χ3v) is 4.31. The number of rotatable bonds is 4. The van der Waals surface area contributed by atoms with Gasteiger partial charge in [0.1, 0.15) is 5.82 Å². The number of anilines is 3. The molecule has 0 fully saturated rings. The molecule has 136 valence electrons. The van der Waals surface area contributed by atoms with Crippen LogP contribution in [0.4, 0.5) is 21.5 Å². The first-order valence-electron chi connectivity index (χ1n) is 8.12. The Morgan fingerprint density at radius 1 is 0.926 bits per heavy atom. The summed E-state index contributed by atoms with van der Waals surface area (Å²) >= 11 is 5.92. The molecule has 27 heavy (non-hydrogen) atoms. The third kappa shape index (κ3) is 3.66. The highest BCUT2D eigenvalue weighted by atomic mass is 35.5. The van der Waals surface area contributed by atoms with Crippen molar-refractivity contribution in [1.29, 1.82) is 0 Å². The van der Waals surface area contributed by atoms with Crippen molar-refractivity contribution in [3.8, 4) is 11.5 Å². The molecule has 2 N–H and O–H groups in total. The summed E-state index contributed by atoms with van der Waals surface area (Å²) in [5.74, 6) is 0.131. The molecular formula is C20H14ClFN2O3. The quantitative estimate of drug-likeness (QED) is 0.648. The second kappa shape index (κ2) is 7.17. The normalized spacial score (nSPS) is 11.9. The van der Waals surface area contributed by atoms with Crippen molar-refractivity contribution in [3.63, 3.8) is 0 Å². The van der Waals surface area contributed by atoms with Crippen LogP contribution < -0.4 is 20.1 Å². The largest absolute Gasteiger partial charge is 0.454 e. The summed E-state index contributed by atoms with van der Waals surface area (Å²) in [6.07, 6.45) is 0. The molecule has 0 saturated carbocycles. The van der Waals surface area contributed by atoms with E-state index >= 15 is 0 Å². The minimum atomic E-state index is -0.666. The van der Waals surface area contributed by atoms with Crippen LogP contribution >= 0.6 is 11.6 Å². The molecule has 0 aliphatic carbocycles. The SMILES string of the molecule is O=C(Nc1ccc(Nc2ccc3c(c2)OCO3)cc1)c1c(F)cccc1Cl. The lowest BCUT2D eigenvalue weighted by atomic mass is 10.2. The van der Waals surface area contributed by atoms with E-state index in [2.05, 4.69) is 10.6 Å². The summed E-state index contributed by atoms with van der Waals surface area (Å²) in [5.41, 5.74) is 2.00. The van der Waals surface area contributed by atoms with Crippen molar-refractivity contribution in [2.75, 3.05) is 17.4 Å². The fourth-order valence-corrected chi connectivity index (χ4v) is 2.94. The van der Waals surface area contributed by atoms with E-state index in [4.69, 9.17) is 21.1 Å². The Labute approximate surface area is 159 Å². The van der Waals surface area contributed by atoms with Crippen molar-refractivity contribution < 1.29 is 18.7 Å². The predicted molar refractivity (Wildman–Crippen MR) is 102 cm³/mol. The van der Waals surface area contributed by atoms with Crippen LogP contribution in [0.2, 0.25) is 5.02 Å². The molecule has 1 aliphatic rings. The lowest BCUT2D eigenvalue weighted by Crippen LogP contribution is -2.14. The average molecular weight is 385 g/mol. The topological polar surface area (TPSA) is 59.6 Å². The summed E-state index contributed by atoms with van der Waals surface area (Å²) in [6.45, 7) is 0.221. The minimum absolute atomic E-state index is 0.0635. The molecule has 7 heteroatoms. The molecule has 0 bridgehead atoms. The van der Waals surface area contributed by atoms with Crippen LogP contribution in [-0.2, 0) is 0 Å². The van der Waals surface area contributed by atoms with Crippen LogP contribution in [0, 0.1) is 5.82 Å². The van der Waals surface area contributed by atoms with Gasteiger partial charge in [0.2, 0.25) is 6.79 Å². The van der Waals surface area contributed by atoms with Gasteiger partial charge in [0.15, 0.2) is 11.5 Å². The van der Waals surface area contributed by atoms with Crippen molar-refractivity contribution in [2.45, 2.75) is 0 Å². The number of fused-ring (bicyclic) bond motifs is 1. The van der Waals surface area contributed by atoms with E-state index in [1.165, 1.54) is 18.2 Å². The molecule has 0 unspecified atom stereocenters.